The highest BCUT2D eigenvalue weighted by Crippen LogP contribution is 2.36. The van der Waals surface area contributed by atoms with Crippen molar-refractivity contribution in [2.45, 2.75) is 13.8 Å². The van der Waals surface area contributed by atoms with Gasteiger partial charge in [0, 0.05) is 16.5 Å². The first-order valence-corrected chi connectivity index (χ1v) is 6.41. The molecule has 1 aromatic rings. The van der Waals surface area contributed by atoms with Gasteiger partial charge in [0.05, 0.1) is 17.3 Å². The number of amidine groups is 1. The van der Waals surface area contributed by atoms with Crippen LogP contribution in [0.5, 0.6) is 5.75 Å². The number of halogens is 2. The Kier molecular flexibility index (Phi) is 4.80. The number of hydrogen-bond acceptors (Lipinski definition) is 2. The van der Waals surface area contributed by atoms with Gasteiger partial charge in [-0.1, -0.05) is 13.8 Å². The van der Waals surface area contributed by atoms with Gasteiger partial charge in [0.25, 0.3) is 0 Å². The molecule has 5 heteroatoms. The highest BCUT2D eigenvalue weighted by Gasteiger charge is 2.08. The van der Waals surface area contributed by atoms with Crippen molar-refractivity contribution in [3.8, 4) is 5.75 Å². The number of methoxy groups -OCH3 is 1. The summed E-state index contributed by atoms with van der Waals surface area (Å²) in [7, 11) is 1.62. The highest BCUT2D eigenvalue weighted by molar-refractivity contribution is 9.11. The van der Waals surface area contributed by atoms with Crippen LogP contribution >= 0.6 is 31.9 Å². The molecule has 3 nitrogen and oxygen atoms in total. The van der Waals surface area contributed by atoms with Crippen LogP contribution in [0, 0.1) is 5.92 Å². The van der Waals surface area contributed by atoms with Crippen LogP contribution in [-0.4, -0.2) is 12.9 Å². The van der Waals surface area contributed by atoms with Crippen molar-refractivity contribution in [1.29, 1.82) is 0 Å². The molecule has 0 aliphatic rings. The molecule has 0 bridgehead atoms. The zero-order valence-electron chi connectivity index (χ0n) is 9.42. The summed E-state index contributed by atoms with van der Waals surface area (Å²) in [5.74, 6) is 1.56. The Labute approximate surface area is 112 Å². The van der Waals surface area contributed by atoms with E-state index >= 15 is 0 Å². The molecule has 0 amide bonds. The van der Waals surface area contributed by atoms with Crippen molar-refractivity contribution < 1.29 is 4.74 Å². The predicted molar refractivity (Wildman–Crippen MR) is 74.5 cm³/mol. The van der Waals surface area contributed by atoms with Crippen LogP contribution in [0.25, 0.3) is 0 Å². The minimum atomic E-state index is 0.224. The van der Waals surface area contributed by atoms with Crippen molar-refractivity contribution >= 4 is 43.4 Å². The molecule has 0 atom stereocenters. The fourth-order valence-electron chi connectivity index (χ4n) is 1.03. The molecular formula is C11H14Br2N2O. The van der Waals surface area contributed by atoms with Gasteiger partial charge in [0.2, 0.25) is 0 Å². The molecule has 0 spiro atoms. The van der Waals surface area contributed by atoms with E-state index in [0.717, 1.165) is 20.4 Å². The molecule has 0 aliphatic carbocycles. The third kappa shape index (κ3) is 3.22. The molecule has 1 aromatic carbocycles. The van der Waals surface area contributed by atoms with Crippen LogP contribution < -0.4 is 10.5 Å². The molecule has 88 valence electrons. The molecular weight excluding hydrogens is 336 g/mol. The van der Waals surface area contributed by atoms with Crippen LogP contribution in [0.1, 0.15) is 13.8 Å². The third-order valence-corrected chi connectivity index (χ3v) is 3.32. The number of nitrogens with two attached hydrogens (primary N) is 1. The summed E-state index contributed by atoms with van der Waals surface area (Å²) in [6.45, 7) is 4.01. The Balaban J connectivity index is 3.19. The fraction of sp³-hybridized carbons (Fsp3) is 0.364. The van der Waals surface area contributed by atoms with E-state index in [1.807, 2.05) is 26.0 Å². The van der Waals surface area contributed by atoms with Crippen LogP contribution in [0.3, 0.4) is 0 Å². The molecule has 0 unspecified atom stereocenters. The van der Waals surface area contributed by atoms with Crippen LogP contribution in [0.4, 0.5) is 5.69 Å². The SMILES string of the molecule is COc1cc(N=C(N)C(C)C)c(Br)cc1Br. The summed E-state index contributed by atoms with van der Waals surface area (Å²) in [4.78, 5) is 4.35. The van der Waals surface area contributed by atoms with Crippen molar-refractivity contribution in [2.24, 2.45) is 16.6 Å². The second-order valence-electron chi connectivity index (χ2n) is 3.63. The summed E-state index contributed by atoms with van der Waals surface area (Å²) in [6, 6.07) is 3.73. The third-order valence-electron chi connectivity index (χ3n) is 2.06. The lowest BCUT2D eigenvalue weighted by atomic mass is 10.2. The first kappa shape index (κ1) is 13.5. The average molecular weight is 350 g/mol. The molecule has 0 radical (unpaired) electrons. The quantitative estimate of drug-likeness (QED) is 0.665. The van der Waals surface area contributed by atoms with Gasteiger partial charge in [-0.3, -0.25) is 0 Å². The molecule has 0 saturated heterocycles. The second kappa shape index (κ2) is 5.68. The van der Waals surface area contributed by atoms with Gasteiger partial charge in [0.15, 0.2) is 0 Å². The molecule has 1 rings (SSSR count). The Morgan fingerprint density at radius 3 is 2.44 bits per heavy atom. The van der Waals surface area contributed by atoms with Crippen LogP contribution in [0.2, 0.25) is 0 Å². The lowest BCUT2D eigenvalue weighted by molar-refractivity contribution is 0.412. The lowest BCUT2D eigenvalue weighted by Crippen LogP contribution is -2.18. The topological polar surface area (TPSA) is 47.6 Å². The summed E-state index contributed by atoms with van der Waals surface area (Å²) in [5, 5.41) is 0. The van der Waals surface area contributed by atoms with Gasteiger partial charge in [-0.25, -0.2) is 4.99 Å². The van der Waals surface area contributed by atoms with Gasteiger partial charge >= 0.3 is 0 Å². The van der Waals surface area contributed by atoms with E-state index in [-0.39, 0.29) is 5.92 Å². The summed E-state index contributed by atoms with van der Waals surface area (Å²) >= 11 is 6.84. The normalized spacial score (nSPS) is 12.0. The first-order chi connectivity index (χ1) is 7.45. The summed E-state index contributed by atoms with van der Waals surface area (Å²) in [5.41, 5.74) is 6.59. The number of benzene rings is 1. The molecule has 0 saturated carbocycles. The molecule has 0 heterocycles. The number of ether oxygens (including phenoxy) is 1. The van der Waals surface area contributed by atoms with Gasteiger partial charge < -0.3 is 10.5 Å². The zero-order chi connectivity index (χ0) is 12.3. The maximum atomic E-state index is 5.82. The zero-order valence-corrected chi connectivity index (χ0v) is 12.6. The minimum Gasteiger partial charge on any atom is -0.495 e. The van der Waals surface area contributed by atoms with Crippen molar-refractivity contribution in [1.82, 2.24) is 0 Å². The smallest absolute Gasteiger partial charge is 0.135 e. The number of rotatable bonds is 3. The van der Waals surface area contributed by atoms with Crippen molar-refractivity contribution in [3.63, 3.8) is 0 Å². The molecule has 0 aliphatic heterocycles. The van der Waals surface area contributed by atoms with Crippen molar-refractivity contribution in [3.05, 3.63) is 21.1 Å². The van der Waals surface area contributed by atoms with E-state index in [4.69, 9.17) is 10.5 Å². The second-order valence-corrected chi connectivity index (χ2v) is 5.34. The van der Waals surface area contributed by atoms with Gasteiger partial charge in [0.1, 0.15) is 11.6 Å². The maximum absolute atomic E-state index is 5.82. The lowest BCUT2D eigenvalue weighted by Gasteiger charge is -2.08. The van der Waals surface area contributed by atoms with E-state index < -0.39 is 0 Å². The average Bonchev–Trinajstić information content (AvgIpc) is 2.21. The Bertz CT molecular complexity index is 417. The van der Waals surface area contributed by atoms with Gasteiger partial charge in [-0.15, -0.1) is 0 Å². The maximum Gasteiger partial charge on any atom is 0.135 e. The Hall–Kier alpha value is -0.550. The Morgan fingerprint density at radius 1 is 1.31 bits per heavy atom. The number of hydrogen-bond donors (Lipinski definition) is 1. The van der Waals surface area contributed by atoms with E-state index in [9.17, 15) is 0 Å². The van der Waals surface area contributed by atoms with Gasteiger partial charge in [-0.05, 0) is 37.9 Å². The molecule has 16 heavy (non-hydrogen) atoms. The largest absolute Gasteiger partial charge is 0.495 e. The van der Waals surface area contributed by atoms with Crippen LogP contribution in [-0.2, 0) is 0 Å². The molecule has 0 aromatic heterocycles. The van der Waals surface area contributed by atoms with E-state index in [1.165, 1.54) is 0 Å². The fourth-order valence-corrected chi connectivity index (χ4v) is 2.27. The highest BCUT2D eigenvalue weighted by atomic mass is 79.9. The van der Waals surface area contributed by atoms with E-state index in [0.29, 0.717) is 5.84 Å². The monoisotopic (exact) mass is 348 g/mol. The number of nitrogens with zero attached hydrogens (tertiary/aromatic N) is 1. The van der Waals surface area contributed by atoms with Crippen LogP contribution in [0.15, 0.2) is 26.1 Å². The van der Waals surface area contributed by atoms with Gasteiger partial charge in [-0.2, -0.15) is 0 Å². The minimum absolute atomic E-state index is 0.224. The standard InChI is InChI=1S/C11H14Br2N2O/c1-6(2)11(14)15-9-5-10(16-3)8(13)4-7(9)12/h4-6H,1-3H3,(H2,14,15). The summed E-state index contributed by atoms with van der Waals surface area (Å²) in [6.07, 6.45) is 0. The predicted octanol–water partition coefficient (Wildman–Crippen LogP) is 3.86. The molecule has 0 fully saturated rings. The summed E-state index contributed by atoms with van der Waals surface area (Å²) < 4.78 is 6.96. The number of aliphatic imine (C=N–C) groups is 1. The van der Waals surface area contributed by atoms with Crippen molar-refractivity contribution in [2.75, 3.05) is 7.11 Å². The first-order valence-electron chi connectivity index (χ1n) is 4.82. The van der Waals surface area contributed by atoms with E-state index in [1.54, 1.807) is 7.11 Å². The molecule has 2 N–H and O–H groups in total. The Morgan fingerprint density at radius 2 is 1.94 bits per heavy atom. The van der Waals surface area contributed by atoms with E-state index in [2.05, 4.69) is 36.9 Å².